The molecule has 1 amide bonds. The van der Waals surface area contributed by atoms with Crippen LogP contribution in [0.4, 0.5) is 0 Å². The molecule has 0 saturated heterocycles. The molecule has 2 saturated carbocycles. The van der Waals surface area contributed by atoms with E-state index in [-0.39, 0.29) is 29.7 Å². The number of carbonyl (C=O) groups excluding carboxylic acids is 2. The van der Waals surface area contributed by atoms with E-state index in [1.165, 1.54) is 0 Å². The zero-order valence-corrected chi connectivity index (χ0v) is 20.0. The highest BCUT2D eigenvalue weighted by Gasteiger charge is 2.54. The summed E-state index contributed by atoms with van der Waals surface area (Å²) in [6.45, 7) is 5.38. The van der Waals surface area contributed by atoms with Gasteiger partial charge in [-0.3, -0.25) is 9.59 Å². The third-order valence-corrected chi connectivity index (χ3v) is 9.81. The number of aryl methyl sites for hydroxylation is 2. The molecule has 31 heavy (non-hydrogen) atoms. The molecule has 172 valence electrons. The first kappa shape index (κ1) is 23.8. The van der Waals surface area contributed by atoms with Crippen molar-refractivity contribution in [3.8, 4) is 0 Å². The molecule has 0 bridgehead atoms. The van der Waals surface area contributed by atoms with Crippen LogP contribution in [0.5, 0.6) is 0 Å². The maximum absolute atomic E-state index is 13.6. The Bertz CT molecular complexity index is 925. The van der Waals surface area contributed by atoms with E-state index in [0.29, 0.717) is 24.3 Å². The van der Waals surface area contributed by atoms with E-state index in [4.69, 9.17) is 4.74 Å². The van der Waals surface area contributed by atoms with Crippen LogP contribution in [0.15, 0.2) is 23.1 Å². The van der Waals surface area contributed by atoms with Gasteiger partial charge in [0.25, 0.3) is 5.91 Å². The SMILES string of the molecule is Cc1ccc(C)c(S(=O)(=O)C2(C(=O)OCC(=O)N(C)C3CCC(C)CC3)CCCC2)c1. The largest absolute Gasteiger partial charge is 0.454 e. The van der Waals surface area contributed by atoms with Gasteiger partial charge in [0.2, 0.25) is 0 Å². The molecule has 0 unspecified atom stereocenters. The molecule has 0 aromatic heterocycles. The van der Waals surface area contributed by atoms with Crippen LogP contribution in [0, 0.1) is 19.8 Å². The molecule has 0 aliphatic heterocycles. The molecule has 2 fully saturated rings. The van der Waals surface area contributed by atoms with Gasteiger partial charge in [-0.2, -0.15) is 0 Å². The number of amides is 1. The zero-order valence-electron chi connectivity index (χ0n) is 19.1. The summed E-state index contributed by atoms with van der Waals surface area (Å²) in [4.78, 5) is 27.7. The summed E-state index contributed by atoms with van der Waals surface area (Å²) in [5.41, 5.74) is 1.44. The van der Waals surface area contributed by atoms with Crippen molar-refractivity contribution in [2.75, 3.05) is 13.7 Å². The summed E-state index contributed by atoms with van der Waals surface area (Å²) >= 11 is 0. The summed E-state index contributed by atoms with van der Waals surface area (Å²) in [6.07, 6.45) is 5.81. The van der Waals surface area contributed by atoms with Crippen LogP contribution in [0.25, 0.3) is 0 Å². The van der Waals surface area contributed by atoms with Crippen molar-refractivity contribution in [1.29, 1.82) is 0 Å². The molecule has 0 heterocycles. The minimum atomic E-state index is -3.95. The number of hydrogen-bond acceptors (Lipinski definition) is 5. The Labute approximate surface area is 186 Å². The van der Waals surface area contributed by atoms with Gasteiger partial charge < -0.3 is 9.64 Å². The van der Waals surface area contributed by atoms with Gasteiger partial charge in [-0.15, -0.1) is 0 Å². The molecule has 0 atom stereocenters. The Morgan fingerprint density at radius 2 is 1.71 bits per heavy atom. The lowest BCUT2D eigenvalue weighted by Crippen LogP contribution is -2.47. The standard InChI is InChI=1S/C24H35NO5S/c1-17-8-11-20(12-9-17)25(4)22(26)16-30-23(27)24(13-5-6-14-24)31(28,29)21-15-18(2)7-10-19(21)3/h7,10,15,17,20H,5-6,8-9,11-14,16H2,1-4H3. The van der Waals surface area contributed by atoms with E-state index in [2.05, 4.69) is 6.92 Å². The lowest BCUT2D eigenvalue weighted by molar-refractivity contribution is -0.154. The predicted molar refractivity (Wildman–Crippen MR) is 119 cm³/mol. The van der Waals surface area contributed by atoms with Crippen LogP contribution in [0.2, 0.25) is 0 Å². The molecule has 2 aliphatic rings. The van der Waals surface area contributed by atoms with E-state index < -0.39 is 27.2 Å². The first-order chi connectivity index (χ1) is 14.6. The number of ether oxygens (including phenoxy) is 1. The third-order valence-electron chi connectivity index (χ3n) is 7.18. The number of nitrogens with zero attached hydrogens (tertiary/aromatic N) is 1. The summed E-state index contributed by atoms with van der Waals surface area (Å²) in [5.74, 6) is -0.384. The smallest absolute Gasteiger partial charge is 0.328 e. The van der Waals surface area contributed by atoms with Gasteiger partial charge in [0.05, 0.1) is 4.90 Å². The lowest BCUT2D eigenvalue weighted by atomic mass is 9.87. The van der Waals surface area contributed by atoms with E-state index in [1.54, 1.807) is 31.0 Å². The fourth-order valence-corrected chi connectivity index (χ4v) is 7.29. The summed E-state index contributed by atoms with van der Waals surface area (Å²) in [7, 11) is -2.20. The number of esters is 1. The van der Waals surface area contributed by atoms with Crippen LogP contribution in [-0.2, 0) is 24.2 Å². The summed E-state index contributed by atoms with van der Waals surface area (Å²) in [5, 5.41) is 0. The van der Waals surface area contributed by atoms with Gasteiger partial charge in [0, 0.05) is 13.1 Å². The van der Waals surface area contributed by atoms with Crippen LogP contribution in [0.1, 0.15) is 69.4 Å². The van der Waals surface area contributed by atoms with E-state index in [1.807, 2.05) is 13.0 Å². The number of likely N-dealkylation sites (N-methyl/N-ethyl adjacent to an activating group) is 1. The van der Waals surface area contributed by atoms with Gasteiger partial charge >= 0.3 is 5.97 Å². The number of hydrogen-bond donors (Lipinski definition) is 0. The lowest BCUT2D eigenvalue weighted by Gasteiger charge is -2.34. The van der Waals surface area contributed by atoms with Crippen molar-refractivity contribution in [3.05, 3.63) is 29.3 Å². The quantitative estimate of drug-likeness (QED) is 0.614. The summed E-state index contributed by atoms with van der Waals surface area (Å²) in [6, 6.07) is 5.40. The van der Waals surface area contributed by atoms with E-state index >= 15 is 0 Å². The number of benzene rings is 1. The molecule has 7 heteroatoms. The minimum Gasteiger partial charge on any atom is -0.454 e. The molecule has 1 aromatic carbocycles. The number of rotatable bonds is 6. The van der Waals surface area contributed by atoms with Crippen molar-refractivity contribution in [1.82, 2.24) is 4.90 Å². The molecular formula is C24H35NO5S. The summed E-state index contributed by atoms with van der Waals surface area (Å²) < 4.78 is 31.0. The zero-order chi connectivity index (χ0) is 22.8. The molecule has 0 radical (unpaired) electrons. The van der Waals surface area contributed by atoms with Crippen LogP contribution in [0.3, 0.4) is 0 Å². The van der Waals surface area contributed by atoms with Crippen molar-refractivity contribution in [2.45, 2.75) is 87.8 Å². The first-order valence-electron chi connectivity index (χ1n) is 11.3. The van der Waals surface area contributed by atoms with Gasteiger partial charge in [-0.25, -0.2) is 8.42 Å². The topological polar surface area (TPSA) is 80.7 Å². The Kier molecular flexibility index (Phi) is 7.14. The van der Waals surface area contributed by atoms with Crippen molar-refractivity contribution in [3.63, 3.8) is 0 Å². The number of sulfone groups is 1. The Balaban J connectivity index is 1.75. The fraction of sp³-hybridized carbons (Fsp3) is 0.667. The molecule has 6 nitrogen and oxygen atoms in total. The van der Waals surface area contributed by atoms with Crippen molar-refractivity contribution >= 4 is 21.7 Å². The van der Waals surface area contributed by atoms with Crippen molar-refractivity contribution in [2.24, 2.45) is 5.92 Å². The fourth-order valence-electron chi connectivity index (χ4n) is 4.93. The highest BCUT2D eigenvalue weighted by atomic mass is 32.2. The van der Waals surface area contributed by atoms with Gasteiger partial charge in [0.1, 0.15) is 0 Å². The Hall–Kier alpha value is -1.89. The minimum absolute atomic E-state index is 0.154. The normalized spacial score (nSPS) is 23.4. The monoisotopic (exact) mass is 449 g/mol. The molecule has 2 aliphatic carbocycles. The van der Waals surface area contributed by atoms with E-state index in [9.17, 15) is 18.0 Å². The van der Waals surface area contributed by atoms with Gasteiger partial charge in [-0.05, 0) is 75.5 Å². The maximum atomic E-state index is 13.6. The van der Waals surface area contributed by atoms with Gasteiger partial charge in [-0.1, -0.05) is 31.9 Å². The van der Waals surface area contributed by atoms with Crippen LogP contribution >= 0.6 is 0 Å². The maximum Gasteiger partial charge on any atom is 0.328 e. The number of carbonyl (C=O) groups is 2. The van der Waals surface area contributed by atoms with E-state index in [0.717, 1.165) is 31.2 Å². The molecule has 3 rings (SSSR count). The second kappa shape index (κ2) is 9.31. The highest BCUT2D eigenvalue weighted by molar-refractivity contribution is 7.93. The van der Waals surface area contributed by atoms with Gasteiger partial charge in [0.15, 0.2) is 21.2 Å². The van der Waals surface area contributed by atoms with Crippen LogP contribution < -0.4 is 0 Å². The predicted octanol–water partition coefficient (Wildman–Crippen LogP) is 3.97. The second-order valence-corrected chi connectivity index (χ2v) is 11.7. The molecule has 0 spiro atoms. The molecule has 0 N–H and O–H groups in total. The third kappa shape index (κ3) is 4.66. The average Bonchev–Trinajstić information content (AvgIpc) is 3.25. The Morgan fingerprint density at radius 3 is 2.32 bits per heavy atom. The first-order valence-corrected chi connectivity index (χ1v) is 12.8. The molecule has 1 aromatic rings. The van der Waals surface area contributed by atoms with Crippen molar-refractivity contribution < 1.29 is 22.7 Å². The average molecular weight is 450 g/mol. The molecular weight excluding hydrogens is 414 g/mol. The Morgan fingerprint density at radius 1 is 1.10 bits per heavy atom. The highest BCUT2D eigenvalue weighted by Crippen LogP contribution is 2.42. The van der Waals surface area contributed by atoms with Crippen LogP contribution in [-0.4, -0.2) is 49.6 Å². The second-order valence-electron chi connectivity index (χ2n) is 9.47.